The number of hydrogen-bond acceptors (Lipinski definition) is 6. The number of nitrogen functional groups attached to an aromatic ring is 1. The fourth-order valence-corrected chi connectivity index (χ4v) is 6.24. The highest BCUT2D eigenvalue weighted by Gasteiger charge is 2.45. The second-order valence-electron chi connectivity index (χ2n) is 9.41. The van der Waals surface area contributed by atoms with Crippen molar-refractivity contribution in [1.29, 1.82) is 0 Å². The van der Waals surface area contributed by atoms with E-state index in [0.29, 0.717) is 34.7 Å². The number of nitrogens with zero attached hydrogens (tertiary/aromatic N) is 2. The van der Waals surface area contributed by atoms with Crippen molar-refractivity contribution in [3.05, 3.63) is 51.3 Å². The Morgan fingerprint density at radius 2 is 2.00 bits per heavy atom. The van der Waals surface area contributed by atoms with Gasteiger partial charge in [0.1, 0.15) is 6.61 Å². The fraction of sp³-hybridized carbons (Fsp3) is 0.348. The Hall–Kier alpha value is -2.97. The summed E-state index contributed by atoms with van der Waals surface area (Å²) in [5, 5.41) is 13.1. The third-order valence-electron chi connectivity index (χ3n) is 6.57. The Morgan fingerprint density at radius 1 is 1.26 bits per heavy atom. The minimum absolute atomic E-state index is 0.113. The van der Waals surface area contributed by atoms with E-state index in [1.165, 1.54) is 5.19 Å². The lowest BCUT2D eigenvalue weighted by Crippen LogP contribution is -2.44. The van der Waals surface area contributed by atoms with Crippen molar-refractivity contribution in [2.24, 2.45) is 0 Å². The molecule has 1 atom stereocenters. The van der Waals surface area contributed by atoms with Gasteiger partial charge in [-0.15, -0.1) is 0 Å². The quantitative estimate of drug-likeness (QED) is 0.369. The summed E-state index contributed by atoms with van der Waals surface area (Å²) in [4.78, 5) is 30.7. The van der Waals surface area contributed by atoms with E-state index < -0.39 is 19.6 Å². The molecule has 1 aromatic carbocycles. The molecule has 0 saturated carbocycles. The third kappa shape index (κ3) is 2.58. The smallest absolute Gasteiger partial charge is 0.343 e. The summed E-state index contributed by atoms with van der Waals surface area (Å²) >= 11 is 0. The van der Waals surface area contributed by atoms with Crippen LogP contribution in [0.15, 0.2) is 29.1 Å². The van der Waals surface area contributed by atoms with Crippen molar-refractivity contribution in [3.8, 4) is 11.4 Å². The molecule has 2 aliphatic rings. The lowest BCUT2D eigenvalue weighted by atomic mass is 9.86. The molecular weight excluding hydrogens is 410 g/mol. The molecule has 2 aliphatic heterocycles. The average Bonchev–Trinajstić information content (AvgIpc) is 3.10. The van der Waals surface area contributed by atoms with Crippen LogP contribution in [0.1, 0.15) is 30.0 Å². The van der Waals surface area contributed by atoms with Crippen LogP contribution in [-0.2, 0) is 28.3 Å². The second kappa shape index (κ2) is 6.27. The number of cyclic esters (lactones) is 1. The maximum Gasteiger partial charge on any atom is 0.343 e. The number of aromatic nitrogens is 2. The number of carbonyl (C=O) groups excluding carboxylic acids is 1. The minimum Gasteiger partial charge on any atom is -0.458 e. The Balaban J connectivity index is 1.85. The number of nitrogens with two attached hydrogens (primary N) is 1. The monoisotopic (exact) mass is 435 g/mol. The number of ether oxygens (including phenoxy) is 1. The van der Waals surface area contributed by atoms with Gasteiger partial charge in [-0.2, -0.15) is 0 Å². The van der Waals surface area contributed by atoms with Crippen LogP contribution in [0.5, 0.6) is 0 Å². The van der Waals surface area contributed by atoms with Gasteiger partial charge in [0.05, 0.1) is 37.1 Å². The summed E-state index contributed by atoms with van der Waals surface area (Å²) < 4.78 is 6.75. The number of esters is 1. The molecular formula is C23H25N3O4Si. The zero-order valence-corrected chi connectivity index (χ0v) is 19.1. The normalized spacial score (nSPS) is 19.7. The Labute approximate surface area is 180 Å². The molecule has 0 saturated heterocycles. The summed E-state index contributed by atoms with van der Waals surface area (Å²) in [7, 11) is -1.70. The highest BCUT2D eigenvalue weighted by Crippen LogP contribution is 2.40. The second-order valence-corrected chi connectivity index (χ2v) is 14.4. The number of fused-ring (bicyclic) bond motifs is 5. The maximum absolute atomic E-state index is 13.3. The van der Waals surface area contributed by atoms with Crippen molar-refractivity contribution < 1.29 is 14.6 Å². The maximum atomic E-state index is 13.3. The van der Waals surface area contributed by atoms with Gasteiger partial charge in [-0.1, -0.05) is 44.8 Å². The first-order valence-corrected chi connectivity index (χ1v) is 14.0. The number of hydrogen-bond donors (Lipinski definition) is 2. The standard InChI is InChI=1S/C23H25N3O4Si/c1-5-23(29)15-9-16-19-13(10-26(16)21(27)14(15)11-30-22(23)28)18(24)12-7-6-8-17(20(12)25-19)31(2,3)4/h6-9,29H,5,10-11H2,1-4H3,(H2,24,25)/t23-/m0/s1. The van der Waals surface area contributed by atoms with Crippen LogP contribution in [0.3, 0.4) is 0 Å². The van der Waals surface area contributed by atoms with Crippen molar-refractivity contribution in [2.45, 2.75) is 51.7 Å². The summed E-state index contributed by atoms with van der Waals surface area (Å²) in [6.45, 7) is 8.63. The van der Waals surface area contributed by atoms with E-state index in [2.05, 4.69) is 25.7 Å². The minimum atomic E-state index is -1.84. The van der Waals surface area contributed by atoms with Gasteiger partial charge >= 0.3 is 5.97 Å². The van der Waals surface area contributed by atoms with E-state index in [1.54, 1.807) is 17.6 Å². The zero-order valence-electron chi connectivity index (χ0n) is 18.1. The highest BCUT2D eigenvalue weighted by atomic mass is 28.3. The highest BCUT2D eigenvalue weighted by molar-refractivity contribution is 6.90. The van der Waals surface area contributed by atoms with Crippen LogP contribution in [-0.4, -0.2) is 28.7 Å². The number of carbonyl (C=O) groups is 1. The molecule has 0 radical (unpaired) electrons. The molecule has 0 spiro atoms. The van der Waals surface area contributed by atoms with Gasteiger partial charge in [0.25, 0.3) is 5.56 Å². The van der Waals surface area contributed by atoms with Gasteiger partial charge in [0, 0.05) is 22.2 Å². The molecule has 4 heterocycles. The van der Waals surface area contributed by atoms with E-state index >= 15 is 0 Å². The predicted molar refractivity (Wildman–Crippen MR) is 122 cm³/mol. The topological polar surface area (TPSA) is 107 Å². The number of anilines is 1. The summed E-state index contributed by atoms with van der Waals surface area (Å²) in [6.07, 6.45) is 0.113. The van der Waals surface area contributed by atoms with Gasteiger partial charge in [-0.3, -0.25) is 4.79 Å². The summed E-state index contributed by atoms with van der Waals surface area (Å²) in [5.41, 5.74) is 8.62. The number of pyridine rings is 2. The number of para-hydroxylation sites is 1. The molecule has 5 rings (SSSR count). The molecule has 0 aliphatic carbocycles. The number of benzene rings is 1. The van der Waals surface area contributed by atoms with Crippen LogP contribution in [0, 0.1) is 0 Å². The predicted octanol–water partition coefficient (Wildman–Crippen LogP) is 2.21. The third-order valence-corrected chi connectivity index (χ3v) is 8.59. The van der Waals surface area contributed by atoms with Gasteiger partial charge in [0.15, 0.2) is 5.60 Å². The first kappa shape index (κ1) is 20.0. The van der Waals surface area contributed by atoms with E-state index in [9.17, 15) is 14.7 Å². The molecule has 7 nitrogen and oxygen atoms in total. The molecule has 0 unspecified atom stereocenters. The first-order chi connectivity index (χ1) is 14.6. The van der Waals surface area contributed by atoms with Gasteiger partial charge in [-0.05, 0) is 17.7 Å². The van der Waals surface area contributed by atoms with E-state index in [4.69, 9.17) is 15.5 Å². The SMILES string of the molecule is CC[C@@]1(O)C(=O)OCc2c1cc1n(c2=O)Cc2c-1nc1c([Si](C)(C)C)cccc1c2N. The Bertz CT molecular complexity index is 1360. The van der Waals surface area contributed by atoms with Gasteiger partial charge in [0.2, 0.25) is 0 Å². The van der Waals surface area contributed by atoms with Crippen LogP contribution >= 0.6 is 0 Å². The van der Waals surface area contributed by atoms with Crippen molar-refractivity contribution in [1.82, 2.24) is 9.55 Å². The van der Waals surface area contributed by atoms with E-state index in [-0.39, 0.29) is 18.6 Å². The lowest BCUT2D eigenvalue weighted by Gasteiger charge is -2.31. The van der Waals surface area contributed by atoms with Crippen LogP contribution < -0.4 is 16.5 Å². The molecule has 0 bridgehead atoms. The zero-order chi connectivity index (χ0) is 22.3. The molecule has 3 N–H and O–H groups in total. The molecule has 0 fully saturated rings. The van der Waals surface area contributed by atoms with E-state index in [1.807, 2.05) is 12.1 Å². The first-order valence-electron chi connectivity index (χ1n) is 10.5. The van der Waals surface area contributed by atoms with Crippen LogP contribution in [0.4, 0.5) is 5.69 Å². The molecule has 8 heteroatoms. The summed E-state index contributed by atoms with van der Waals surface area (Å²) in [5.74, 6) is -0.725. The summed E-state index contributed by atoms with van der Waals surface area (Å²) in [6, 6.07) is 7.81. The molecule has 31 heavy (non-hydrogen) atoms. The molecule has 0 amide bonds. The van der Waals surface area contributed by atoms with Crippen molar-refractivity contribution in [2.75, 3.05) is 5.73 Å². The van der Waals surface area contributed by atoms with Crippen LogP contribution in [0.25, 0.3) is 22.3 Å². The average molecular weight is 436 g/mol. The molecule has 3 aromatic rings. The van der Waals surface area contributed by atoms with E-state index in [0.717, 1.165) is 16.5 Å². The largest absolute Gasteiger partial charge is 0.458 e. The van der Waals surface area contributed by atoms with Crippen molar-refractivity contribution in [3.63, 3.8) is 0 Å². The lowest BCUT2D eigenvalue weighted by molar-refractivity contribution is -0.172. The number of rotatable bonds is 2. The fourth-order valence-electron chi connectivity index (χ4n) is 4.74. The van der Waals surface area contributed by atoms with Gasteiger partial charge in [-0.25, -0.2) is 9.78 Å². The van der Waals surface area contributed by atoms with Gasteiger partial charge < -0.3 is 20.1 Å². The molecule has 160 valence electrons. The Morgan fingerprint density at radius 3 is 2.68 bits per heavy atom. The number of aliphatic hydroxyl groups is 1. The Kier molecular flexibility index (Phi) is 4.04. The van der Waals surface area contributed by atoms with Crippen LogP contribution in [0.2, 0.25) is 19.6 Å². The molecule has 2 aromatic heterocycles. The van der Waals surface area contributed by atoms with Crippen molar-refractivity contribution >= 4 is 35.8 Å².